The summed E-state index contributed by atoms with van der Waals surface area (Å²) in [6.45, 7) is 0. The van der Waals surface area contributed by atoms with Gasteiger partial charge in [0.2, 0.25) is 0 Å². The average Bonchev–Trinajstić information content (AvgIpc) is 3.54. The van der Waals surface area contributed by atoms with Crippen molar-refractivity contribution in [2.75, 3.05) is 0 Å². The van der Waals surface area contributed by atoms with Gasteiger partial charge in [0.05, 0.1) is 22.4 Å². The number of aromatic nitrogens is 4. The largest absolute Gasteiger partial charge is 0.367 e. The van der Waals surface area contributed by atoms with Crippen molar-refractivity contribution in [3.8, 4) is 16.8 Å². The molecule has 148 valence electrons. The molecule has 5 aromatic rings. The second-order valence-electron chi connectivity index (χ2n) is 7.05. The van der Waals surface area contributed by atoms with Gasteiger partial charge in [0.25, 0.3) is 0 Å². The minimum atomic E-state index is -0.0399. The van der Waals surface area contributed by atoms with Crippen LogP contribution in [0.3, 0.4) is 0 Å². The highest BCUT2D eigenvalue weighted by molar-refractivity contribution is 6.42. The molecule has 0 radical (unpaired) electrons. The van der Waals surface area contributed by atoms with E-state index in [-0.39, 0.29) is 6.04 Å². The van der Waals surface area contributed by atoms with E-state index in [9.17, 15) is 0 Å². The van der Waals surface area contributed by atoms with Crippen LogP contribution in [0, 0.1) is 0 Å². The van der Waals surface area contributed by atoms with Gasteiger partial charge in [0.1, 0.15) is 0 Å². The minimum Gasteiger partial charge on any atom is -0.367 e. The zero-order valence-corrected chi connectivity index (χ0v) is 17.4. The molecule has 2 aromatic carbocycles. The minimum absolute atomic E-state index is 0.0399. The Bertz CT molecular complexity index is 1250. The predicted octanol–water partition coefficient (Wildman–Crippen LogP) is 6.61. The third kappa shape index (κ3) is 3.45. The Morgan fingerprint density at radius 1 is 0.867 bits per heavy atom. The molecule has 3 heterocycles. The first kappa shape index (κ1) is 18.8. The summed E-state index contributed by atoms with van der Waals surface area (Å²) in [7, 11) is 0. The van der Waals surface area contributed by atoms with E-state index in [1.165, 1.54) is 0 Å². The van der Waals surface area contributed by atoms with Crippen molar-refractivity contribution in [3.05, 3.63) is 119 Å². The lowest BCUT2D eigenvalue weighted by atomic mass is 9.94. The van der Waals surface area contributed by atoms with Crippen LogP contribution in [-0.2, 0) is 0 Å². The molecule has 0 spiro atoms. The maximum atomic E-state index is 6.29. The molecular weight excluding hydrogens is 415 g/mol. The summed E-state index contributed by atoms with van der Waals surface area (Å²) >= 11 is 12.4. The van der Waals surface area contributed by atoms with E-state index in [1.807, 2.05) is 67.6 Å². The van der Waals surface area contributed by atoms with E-state index in [2.05, 4.69) is 43.4 Å². The van der Waals surface area contributed by atoms with Crippen LogP contribution in [0.2, 0.25) is 10.0 Å². The number of nitrogens with one attached hydrogen (secondary N) is 1. The number of nitrogens with zero attached hydrogens (tertiary/aromatic N) is 3. The fourth-order valence-corrected chi connectivity index (χ4v) is 4.08. The van der Waals surface area contributed by atoms with Crippen LogP contribution in [-0.4, -0.2) is 19.1 Å². The summed E-state index contributed by atoms with van der Waals surface area (Å²) in [5.74, 6) is 0. The molecule has 1 atom stereocenters. The summed E-state index contributed by atoms with van der Waals surface area (Å²) in [6, 6.07) is 18.3. The van der Waals surface area contributed by atoms with Crippen LogP contribution in [0.4, 0.5) is 0 Å². The van der Waals surface area contributed by atoms with Gasteiger partial charge in [-0.2, -0.15) is 0 Å². The number of H-pyrrole nitrogens is 1. The molecule has 3 aromatic heterocycles. The zero-order chi connectivity index (χ0) is 20.5. The number of halogens is 2. The molecule has 0 aliphatic rings. The smallest absolute Gasteiger partial charge is 0.0954 e. The van der Waals surface area contributed by atoms with Gasteiger partial charge in [0.15, 0.2) is 0 Å². The highest BCUT2D eigenvalue weighted by Crippen LogP contribution is 2.36. The van der Waals surface area contributed by atoms with Crippen molar-refractivity contribution in [3.63, 3.8) is 0 Å². The van der Waals surface area contributed by atoms with Crippen LogP contribution < -0.4 is 0 Å². The zero-order valence-electron chi connectivity index (χ0n) is 15.9. The Kier molecular flexibility index (Phi) is 4.95. The Morgan fingerprint density at radius 2 is 1.67 bits per heavy atom. The van der Waals surface area contributed by atoms with E-state index in [1.54, 1.807) is 6.20 Å². The Hall–Kier alpha value is -3.21. The highest BCUT2D eigenvalue weighted by Gasteiger charge is 2.21. The molecule has 30 heavy (non-hydrogen) atoms. The summed E-state index contributed by atoms with van der Waals surface area (Å²) in [4.78, 5) is 7.54. The van der Waals surface area contributed by atoms with Gasteiger partial charge in [-0.3, -0.25) is 0 Å². The van der Waals surface area contributed by atoms with E-state index in [4.69, 9.17) is 23.2 Å². The van der Waals surface area contributed by atoms with E-state index in [0.29, 0.717) is 10.0 Å². The monoisotopic (exact) mass is 432 g/mol. The Labute approximate surface area is 184 Å². The van der Waals surface area contributed by atoms with Crippen molar-refractivity contribution in [1.29, 1.82) is 0 Å². The SMILES string of the molecule is Clc1ccc(-c2c[nH]cc2C(c2ccc(-n3cccc3)cc2)n2ccnc2)cc1Cl. The molecule has 0 aliphatic carbocycles. The van der Waals surface area contributed by atoms with Crippen molar-refractivity contribution in [1.82, 2.24) is 19.1 Å². The number of aromatic amines is 1. The molecular formula is C24H18Cl2N4. The topological polar surface area (TPSA) is 38.5 Å². The Morgan fingerprint density at radius 3 is 2.37 bits per heavy atom. The van der Waals surface area contributed by atoms with E-state index in [0.717, 1.165) is 27.9 Å². The van der Waals surface area contributed by atoms with E-state index < -0.39 is 0 Å². The van der Waals surface area contributed by atoms with Gasteiger partial charge >= 0.3 is 0 Å². The van der Waals surface area contributed by atoms with Crippen molar-refractivity contribution < 1.29 is 0 Å². The maximum absolute atomic E-state index is 6.29. The molecule has 1 N–H and O–H groups in total. The molecule has 0 fully saturated rings. The number of imidazole rings is 1. The molecule has 0 amide bonds. The lowest BCUT2D eigenvalue weighted by Crippen LogP contribution is -2.11. The first-order valence-electron chi connectivity index (χ1n) is 9.53. The van der Waals surface area contributed by atoms with Gasteiger partial charge in [-0.25, -0.2) is 4.98 Å². The van der Waals surface area contributed by atoms with Crippen molar-refractivity contribution in [2.45, 2.75) is 6.04 Å². The van der Waals surface area contributed by atoms with Crippen molar-refractivity contribution >= 4 is 23.2 Å². The van der Waals surface area contributed by atoms with Gasteiger partial charge in [-0.05, 0) is 47.5 Å². The number of hydrogen-bond acceptors (Lipinski definition) is 1. The third-order valence-corrected chi connectivity index (χ3v) is 5.98. The standard InChI is InChI=1S/C24H18Cl2N4/c25-22-8-5-18(13-23(22)26)20-14-28-15-21(20)24(30-12-9-27-16-30)17-3-6-19(7-4-17)29-10-1-2-11-29/h1-16,24,28H. The highest BCUT2D eigenvalue weighted by atomic mass is 35.5. The number of hydrogen-bond donors (Lipinski definition) is 1. The molecule has 1 unspecified atom stereocenters. The van der Waals surface area contributed by atoms with Gasteiger partial charge < -0.3 is 14.1 Å². The van der Waals surface area contributed by atoms with Crippen LogP contribution in [0.5, 0.6) is 0 Å². The molecule has 5 rings (SSSR count). The molecule has 0 aliphatic heterocycles. The lowest BCUT2D eigenvalue weighted by Gasteiger charge is -2.21. The molecule has 6 heteroatoms. The second kappa shape index (κ2) is 7.90. The Balaban J connectivity index is 1.60. The van der Waals surface area contributed by atoms with E-state index >= 15 is 0 Å². The summed E-state index contributed by atoms with van der Waals surface area (Å²) in [5, 5.41) is 1.08. The van der Waals surface area contributed by atoms with Crippen LogP contribution in [0.1, 0.15) is 17.2 Å². The molecule has 0 saturated heterocycles. The summed E-state index contributed by atoms with van der Waals surface area (Å²) < 4.78 is 4.20. The number of rotatable bonds is 5. The fraction of sp³-hybridized carbons (Fsp3) is 0.0417. The molecule has 4 nitrogen and oxygen atoms in total. The van der Waals surface area contributed by atoms with Gasteiger partial charge in [0, 0.05) is 54.0 Å². The first-order chi connectivity index (χ1) is 14.7. The number of benzene rings is 2. The fourth-order valence-electron chi connectivity index (χ4n) is 3.79. The molecule has 0 bridgehead atoms. The first-order valence-corrected chi connectivity index (χ1v) is 10.3. The van der Waals surface area contributed by atoms with Crippen LogP contribution >= 0.6 is 23.2 Å². The molecule has 0 saturated carbocycles. The summed E-state index contributed by atoms with van der Waals surface area (Å²) in [5.41, 5.74) is 5.48. The third-order valence-electron chi connectivity index (χ3n) is 5.24. The summed E-state index contributed by atoms with van der Waals surface area (Å²) in [6.07, 6.45) is 13.7. The maximum Gasteiger partial charge on any atom is 0.0954 e. The quantitative estimate of drug-likeness (QED) is 0.333. The van der Waals surface area contributed by atoms with Crippen molar-refractivity contribution in [2.24, 2.45) is 0 Å². The van der Waals surface area contributed by atoms with Crippen LogP contribution in [0.25, 0.3) is 16.8 Å². The average molecular weight is 433 g/mol. The second-order valence-corrected chi connectivity index (χ2v) is 7.86. The lowest BCUT2D eigenvalue weighted by molar-refractivity contribution is 0.678. The normalized spacial score (nSPS) is 12.2. The predicted molar refractivity (Wildman–Crippen MR) is 121 cm³/mol. The van der Waals surface area contributed by atoms with Crippen LogP contribution in [0.15, 0.2) is 98.1 Å². The van der Waals surface area contributed by atoms with Gasteiger partial charge in [-0.1, -0.05) is 41.4 Å². The van der Waals surface area contributed by atoms with Gasteiger partial charge in [-0.15, -0.1) is 0 Å².